The molecule has 0 saturated heterocycles. The van der Waals surface area contributed by atoms with Crippen LogP contribution in [-0.2, 0) is 12.4 Å². The van der Waals surface area contributed by atoms with E-state index in [0.717, 1.165) is 29.5 Å². The van der Waals surface area contributed by atoms with Gasteiger partial charge >= 0.3 is 0 Å². The minimum absolute atomic E-state index is 0.416. The lowest BCUT2D eigenvalue weighted by Crippen LogP contribution is -2.23. The molecule has 0 radical (unpaired) electrons. The van der Waals surface area contributed by atoms with Crippen LogP contribution in [0.25, 0.3) is 11.2 Å². The molecule has 21 heavy (non-hydrogen) atoms. The highest BCUT2D eigenvalue weighted by Gasteiger charge is 2.24. The Kier molecular flexibility index (Phi) is 4.34. The van der Waals surface area contributed by atoms with Gasteiger partial charge in [-0.2, -0.15) is 4.98 Å². The molecule has 1 fully saturated rings. The van der Waals surface area contributed by atoms with E-state index < -0.39 is 0 Å². The minimum atomic E-state index is 0.416. The Morgan fingerprint density at radius 1 is 1.29 bits per heavy atom. The number of fused-ring (bicyclic) bond motifs is 1. The quantitative estimate of drug-likeness (QED) is 0.801. The van der Waals surface area contributed by atoms with Crippen LogP contribution in [0.5, 0.6) is 5.88 Å². The first kappa shape index (κ1) is 14.6. The number of hydrogen-bond acceptors (Lipinski definition) is 3. The highest BCUT2D eigenvalue weighted by atomic mass is 35.5. The predicted molar refractivity (Wildman–Crippen MR) is 84.8 cm³/mol. The summed E-state index contributed by atoms with van der Waals surface area (Å²) in [5.41, 5.74) is 1.79. The van der Waals surface area contributed by atoms with E-state index in [1.54, 1.807) is 7.11 Å². The fourth-order valence-electron chi connectivity index (χ4n) is 3.34. The Labute approximate surface area is 130 Å². The Morgan fingerprint density at radius 3 is 2.81 bits per heavy atom. The van der Waals surface area contributed by atoms with E-state index in [-0.39, 0.29) is 0 Å². The topological polar surface area (TPSA) is 39.9 Å². The van der Waals surface area contributed by atoms with Crippen LogP contribution in [0.3, 0.4) is 0 Å². The molecule has 0 aromatic carbocycles. The van der Waals surface area contributed by atoms with Gasteiger partial charge in [0.1, 0.15) is 11.3 Å². The smallest absolute Gasteiger partial charge is 0.215 e. The van der Waals surface area contributed by atoms with Gasteiger partial charge in [0, 0.05) is 12.6 Å². The van der Waals surface area contributed by atoms with Gasteiger partial charge < -0.3 is 9.30 Å². The molecule has 2 unspecified atom stereocenters. The van der Waals surface area contributed by atoms with Crippen LogP contribution in [0, 0.1) is 11.8 Å². The number of halogens is 1. The molecule has 0 bridgehead atoms. The van der Waals surface area contributed by atoms with Crippen molar-refractivity contribution in [3.05, 3.63) is 18.0 Å². The summed E-state index contributed by atoms with van der Waals surface area (Å²) in [5, 5.41) is 0. The van der Waals surface area contributed by atoms with Gasteiger partial charge in [0.05, 0.1) is 13.0 Å². The van der Waals surface area contributed by atoms with Gasteiger partial charge in [-0.25, -0.2) is 4.98 Å². The molecule has 4 nitrogen and oxygen atoms in total. The fourth-order valence-corrected chi connectivity index (χ4v) is 3.54. The number of alkyl halides is 1. The zero-order valence-electron chi connectivity index (χ0n) is 12.7. The van der Waals surface area contributed by atoms with Crippen LogP contribution in [0.2, 0.25) is 0 Å². The number of methoxy groups -OCH3 is 1. The molecular formula is C16H22ClN3O. The van der Waals surface area contributed by atoms with Crippen molar-refractivity contribution in [3.8, 4) is 5.88 Å². The Balaban J connectivity index is 1.98. The van der Waals surface area contributed by atoms with Crippen molar-refractivity contribution in [1.82, 2.24) is 14.5 Å². The third kappa shape index (κ3) is 2.86. The normalized spacial score (nSPS) is 22.6. The van der Waals surface area contributed by atoms with Crippen molar-refractivity contribution in [1.29, 1.82) is 0 Å². The summed E-state index contributed by atoms with van der Waals surface area (Å²) in [6, 6.07) is 3.80. The average Bonchev–Trinajstić information content (AvgIpc) is 2.86. The van der Waals surface area contributed by atoms with E-state index in [4.69, 9.17) is 16.3 Å². The molecule has 0 amide bonds. The van der Waals surface area contributed by atoms with Crippen LogP contribution in [0.4, 0.5) is 0 Å². The third-order valence-corrected chi connectivity index (χ3v) is 4.92. The van der Waals surface area contributed by atoms with Crippen molar-refractivity contribution in [2.24, 2.45) is 11.8 Å². The second-order valence-corrected chi connectivity index (χ2v) is 6.26. The largest absolute Gasteiger partial charge is 0.481 e. The number of aromatic nitrogens is 3. The molecule has 5 heteroatoms. The number of nitrogens with zero attached hydrogens (tertiary/aromatic N) is 3. The van der Waals surface area contributed by atoms with Crippen molar-refractivity contribution >= 4 is 22.8 Å². The highest BCUT2D eigenvalue weighted by Crippen LogP contribution is 2.32. The first-order valence-corrected chi connectivity index (χ1v) is 8.22. The van der Waals surface area contributed by atoms with Gasteiger partial charge in [0.25, 0.3) is 0 Å². The van der Waals surface area contributed by atoms with E-state index in [0.29, 0.717) is 17.7 Å². The minimum Gasteiger partial charge on any atom is -0.481 e. The molecule has 1 saturated carbocycles. The van der Waals surface area contributed by atoms with Crippen LogP contribution in [0.1, 0.15) is 38.4 Å². The van der Waals surface area contributed by atoms with E-state index >= 15 is 0 Å². The maximum Gasteiger partial charge on any atom is 0.215 e. The van der Waals surface area contributed by atoms with Gasteiger partial charge in [0.2, 0.25) is 5.88 Å². The summed E-state index contributed by atoms with van der Waals surface area (Å²) in [7, 11) is 1.64. The molecular weight excluding hydrogens is 286 g/mol. The van der Waals surface area contributed by atoms with Gasteiger partial charge in [-0.3, -0.25) is 0 Å². The molecule has 1 aliphatic rings. The van der Waals surface area contributed by atoms with E-state index in [1.807, 2.05) is 12.1 Å². The lowest BCUT2D eigenvalue weighted by molar-refractivity contribution is 0.229. The molecule has 0 aliphatic heterocycles. The first-order valence-electron chi connectivity index (χ1n) is 7.69. The first-order chi connectivity index (χ1) is 10.2. The molecule has 1 aliphatic carbocycles. The standard InChI is InChI=1S/C16H22ClN3O/c1-11-5-3-4-6-12(11)10-20-14(9-17)18-13-7-8-15(21-2)19-16(13)20/h7-8,11-12H,3-6,9-10H2,1-2H3. The van der Waals surface area contributed by atoms with Gasteiger partial charge in [-0.15, -0.1) is 11.6 Å². The molecule has 2 atom stereocenters. The number of imidazole rings is 1. The highest BCUT2D eigenvalue weighted by molar-refractivity contribution is 6.16. The lowest BCUT2D eigenvalue weighted by Gasteiger charge is -2.29. The number of ether oxygens (including phenoxy) is 1. The molecule has 3 rings (SSSR count). The van der Waals surface area contributed by atoms with E-state index in [9.17, 15) is 0 Å². The van der Waals surface area contributed by atoms with Crippen LogP contribution in [-0.4, -0.2) is 21.6 Å². The maximum absolute atomic E-state index is 6.09. The average molecular weight is 308 g/mol. The summed E-state index contributed by atoms with van der Waals surface area (Å²) >= 11 is 6.09. The Morgan fingerprint density at radius 2 is 2.10 bits per heavy atom. The van der Waals surface area contributed by atoms with E-state index in [2.05, 4.69) is 21.5 Å². The van der Waals surface area contributed by atoms with Gasteiger partial charge in [0.15, 0.2) is 5.65 Å². The second-order valence-electron chi connectivity index (χ2n) is 5.99. The summed E-state index contributed by atoms with van der Waals surface area (Å²) in [5.74, 6) is 3.39. The van der Waals surface area contributed by atoms with Crippen molar-refractivity contribution in [2.75, 3.05) is 7.11 Å². The molecule has 0 spiro atoms. The molecule has 114 valence electrons. The van der Waals surface area contributed by atoms with Crippen LogP contribution in [0.15, 0.2) is 12.1 Å². The Bertz CT molecular complexity index is 625. The zero-order chi connectivity index (χ0) is 14.8. The lowest BCUT2D eigenvalue weighted by atomic mass is 9.80. The maximum atomic E-state index is 6.09. The second kappa shape index (κ2) is 6.22. The summed E-state index contributed by atoms with van der Waals surface area (Å²) in [6.07, 6.45) is 5.29. The molecule has 2 aromatic heterocycles. The van der Waals surface area contributed by atoms with Crippen molar-refractivity contribution in [2.45, 2.75) is 45.0 Å². The van der Waals surface area contributed by atoms with Gasteiger partial charge in [-0.1, -0.05) is 26.2 Å². The fraction of sp³-hybridized carbons (Fsp3) is 0.625. The van der Waals surface area contributed by atoms with E-state index in [1.165, 1.54) is 25.7 Å². The number of pyridine rings is 1. The Hall–Kier alpha value is -1.29. The zero-order valence-corrected chi connectivity index (χ0v) is 13.4. The van der Waals surface area contributed by atoms with Crippen LogP contribution >= 0.6 is 11.6 Å². The van der Waals surface area contributed by atoms with Crippen molar-refractivity contribution < 1.29 is 4.74 Å². The number of rotatable bonds is 4. The number of hydrogen-bond donors (Lipinski definition) is 0. The summed E-state index contributed by atoms with van der Waals surface area (Å²) in [4.78, 5) is 9.18. The van der Waals surface area contributed by atoms with Gasteiger partial charge in [-0.05, 0) is 24.3 Å². The van der Waals surface area contributed by atoms with Crippen molar-refractivity contribution in [3.63, 3.8) is 0 Å². The SMILES string of the molecule is COc1ccc2nc(CCl)n(CC3CCCCC3C)c2n1. The predicted octanol–water partition coefficient (Wildman–Crippen LogP) is 4.01. The summed E-state index contributed by atoms with van der Waals surface area (Å²) < 4.78 is 7.44. The summed E-state index contributed by atoms with van der Waals surface area (Å²) in [6.45, 7) is 3.32. The third-order valence-electron chi connectivity index (χ3n) is 4.68. The molecule has 0 N–H and O–H groups in total. The monoisotopic (exact) mass is 307 g/mol. The van der Waals surface area contributed by atoms with Crippen LogP contribution < -0.4 is 4.74 Å². The molecule has 2 aromatic rings. The molecule has 2 heterocycles.